The van der Waals surface area contributed by atoms with Crippen LogP contribution in [-0.4, -0.2) is 0 Å². The summed E-state index contributed by atoms with van der Waals surface area (Å²) in [4.78, 5) is 0. The van der Waals surface area contributed by atoms with Crippen molar-refractivity contribution in [3.05, 3.63) is 101 Å². The number of nitrogens with zero attached hydrogens (tertiary/aromatic N) is 1. The first-order valence-corrected chi connectivity index (χ1v) is 11.1. The number of halogens is 1. The van der Waals surface area contributed by atoms with Crippen molar-refractivity contribution in [2.75, 3.05) is 0 Å². The molecule has 32 heavy (non-hydrogen) atoms. The predicted molar refractivity (Wildman–Crippen MR) is 126 cm³/mol. The number of aryl methyl sites for hydroxylation is 3. The Kier molecular flexibility index (Phi) is 4.14. The Balaban J connectivity index is 1.63. The van der Waals surface area contributed by atoms with Crippen LogP contribution in [-0.2, 0) is 19.9 Å². The lowest BCUT2D eigenvalue weighted by atomic mass is 9.79. The van der Waals surface area contributed by atoms with Crippen molar-refractivity contribution in [1.29, 1.82) is 0 Å². The van der Waals surface area contributed by atoms with Crippen molar-refractivity contribution in [2.24, 2.45) is 7.05 Å². The van der Waals surface area contributed by atoms with Crippen LogP contribution in [0.4, 0.5) is 4.39 Å². The summed E-state index contributed by atoms with van der Waals surface area (Å²) >= 11 is 0. The topological polar surface area (TPSA) is 17.0 Å². The molecule has 1 atom stereocenters. The van der Waals surface area contributed by atoms with Gasteiger partial charge in [0.2, 0.25) is 5.69 Å². The second-order valence-corrected chi connectivity index (χ2v) is 8.78. The minimum absolute atomic E-state index is 0.362. The summed E-state index contributed by atoms with van der Waals surface area (Å²) in [5, 5.41) is 1.82. The Morgan fingerprint density at radius 2 is 1.69 bits per heavy atom. The Morgan fingerprint density at radius 1 is 0.938 bits per heavy atom. The van der Waals surface area contributed by atoms with Crippen LogP contribution in [0.2, 0.25) is 0 Å². The second-order valence-electron chi connectivity index (χ2n) is 8.78. The number of aromatic nitrogens is 1. The van der Waals surface area contributed by atoms with Gasteiger partial charge in [-0.2, -0.15) is 0 Å². The van der Waals surface area contributed by atoms with Crippen LogP contribution in [0.1, 0.15) is 35.9 Å². The van der Waals surface area contributed by atoms with Gasteiger partial charge in [0.25, 0.3) is 0 Å². The van der Waals surface area contributed by atoms with E-state index in [4.69, 9.17) is 4.42 Å². The lowest BCUT2D eigenvalue weighted by Crippen LogP contribution is -2.30. The minimum atomic E-state index is -1.07. The molecule has 1 unspecified atom stereocenters. The van der Waals surface area contributed by atoms with E-state index in [1.165, 1.54) is 11.6 Å². The average molecular weight is 424 g/mol. The van der Waals surface area contributed by atoms with Crippen LogP contribution < -0.4 is 4.57 Å². The highest BCUT2D eigenvalue weighted by Crippen LogP contribution is 2.43. The van der Waals surface area contributed by atoms with Crippen LogP contribution in [0.25, 0.3) is 33.2 Å². The maximum Gasteiger partial charge on any atom is 0.216 e. The fourth-order valence-corrected chi connectivity index (χ4v) is 5.20. The molecule has 0 bridgehead atoms. The van der Waals surface area contributed by atoms with Crippen molar-refractivity contribution in [2.45, 2.75) is 32.1 Å². The van der Waals surface area contributed by atoms with Crippen LogP contribution in [0.3, 0.4) is 0 Å². The van der Waals surface area contributed by atoms with Gasteiger partial charge in [0.05, 0.1) is 5.56 Å². The fourth-order valence-electron chi connectivity index (χ4n) is 5.20. The highest BCUT2D eigenvalue weighted by atomic mass is 19.1. The normalized spacial score (nSPS) is 18.7. The quantitative estimate of drug-likeness (QED) is 0.285. The van der Waals surface area contributed by atoms with Crippen molar-refractivity contribution >= 4 is 21.9 Å². The van der Waals surface area contributed by atoms with E-state index in [-0.39, 0.29) is 5.82 Å². The first-order chi connectivity index (χ1) is 16.0. The molecule has 1 aliphatic rings. The molecule has 0 fully saturated rings. The molecule has 0 saturated heterocycles. The smallest absolute Gasteiger partial charge is 0.216 e. The van der Waals surface area contributed by atoms with E-state index in [0.29, 0.717) is 24.0 Å². The van der Waals surface area contributed by atoms with Crippen molar-refractivity contribution in [1.82, 2.24) is 0 Å². The molecule has 0 spiro atoms. The highest BCUT2D eigenvalue weighted by Gasteiger charge is 2.28. The molecule has 3 heteroatoms. The van der Waals surface area contributed by atoms with Gasteiger partial charge in [-0.15, -0.1) is 0 Å². The molecular weight excluding hydrogens is 397 g/mol. The lowest BCUT2D eigenvalue weighted by Gasteiger charge is -2.25. The molecule has 2 nitrogen and oxygen atoms in total. The van der Waals surface area contributed by atoms with Crippen molar-refractivity contribution in [3.8, 4) is 11.3 Å². The summed E-state index contributed by atoms with van der Waals surface area (Å²) in [6.45, 7) is 2.07. The maximum absolute atomic E-state index is 15.4. The molecule has 0 radical (unpaired) electrons. The first kappa shape index (κ1) is 18.1. The third kappa shape index (κ3) is 2.88. The van der Waals surface area contributed by atoms with Crippen molar-refractivity contribution < 1.29 is 14.7 Å². The van der Waals surface area contributed by atoms with E-state index in [9.17, 15) is 1.37 Å². The van der Waals surface area contributed by atoms with Crippen LogP contribution in [0.15, 0.2) is 77.3 Å². The van der Waals surface area contributed by atoms with Gasteiger partial charge in [0.1, 0.15) is 24.0 Å². The zero-order chi connectivity index (χ0) is 22.7. The van der Waals surface area contributed by atoms with Gasteiger partial charge in [-0.1, -0.05) is 36.4 Å². The average Bonchev–Trinajstić information content (AvgIpc) is 3.17. The number of benzene rings is 3. The molecule has 2 heterocycles. The van der Waals surface area contributed by atoms with Gasteiger partial charge < -0.3 is 4.42 Å². The summed E-state index contributed by atoms with van der Waals surface area (Å²) in [7, 11) is 2.01. The highest BCUT2D eigenvalue weighted by molar-refractivity contribution is 6.10. The van der Waals surface area contributed by atoms with Gasteiger partial charge in [0.15, 0.2) is 6.20 Å². The van der Waals surface area contributed by atoms with Crippen LogP contribution in [0, 0.1) is 12.7 Å². The zero-order valence-electron chi connectivity index (χ0n) is 19.3. The SMILES string of the molecule is [2H]C1(c2c(F)ccc3c2oc2c(-c4cccc[n+]4C)c(C)ccc23)CCc2ccccc2C1. The second kappa shape index (κ2) is 7.30. The van der Waals surface area contributed by atoms with E-state index in [1.807, 2.05) is 37.5 Å². The summed E-state index contributed by atoms with van der Waals surface area (Å²) in [5.41, 5.74) is 7.15. The summed E-state index contributed by atoms with van der Waals surface area (Å²) < 4.78 is 33.4. The third-order valence-electron chi connectivity index (χ3n) is 6.85. The minimum Gasteiger partial charge on any atom is -0.455 e. The number of hydrogen-bond acceptors (Lipinski definition) is 1. The van der Waals surface area contributed by atoms with E-state index in [1.54, 1.807) is 6.07 Å². The lowest BCUT2D eigenvalue weighted by molar-refractivity contribution is -0.660. The van der Waals surface area contributed by atoms with Gasteiger partial charge in [-0.3, -0.25) is 0 Å². The molecule has 3 aromatic carbocycles. The number of fused-ring (bicyclic) bond motifs is 4. The summed E-state index contributed by atoms with van der Waals surface area (Å²) in [6, 6.07) is 21.7. The largest absolute Gasteiger partial charge is 0.455 e. The monoisotopic (exact) mass is 423 g/mol. The zero-order valence-corrected chi connectivity index (χ0v) is 18.3. The Morgan fingerprint density at radius 3 is 2.53 bits per heavy atom. The molecule has 1 aliphatic carbocycles. The molecule has 0 amide bonds. The van der Waals surface area contributed by atoms with E-state index in [0.717, 1.165) is 45.2 Å². The molecule has 5 aromatic rings. The molecule has 158 valence electrons. The van der Waals surface area contributed by atoms with Crippen LogP contribution >= 0.6 is 0 Å². The Hall–Kier alpha value is -3.46. The van der Waals surface area contributed by atoms with Crippen LogP contribution in [0.5, 0.6) is 0 Å². The van der Waals surface area contributed by atoms with Gasteiger partial charge >= 0.3 is 0 Å². The van der Waals surface area contributed by atoms with Gasteiger partial charge in [-0.25, -0.2) is 8.96 Å². The number of hydrogen-bond donors (Lipinski definition) is 0. The standard InChI is InChI=1S/C29H25FNO/c1-18-10-13-22-23-14-15-24(30)27(21-12-11-19-7-3-4-8-20(19)17-21)29(23)32-28(22)26(18)25-9-5-6-16-31(25)2/h3-10,13-16,21H,11-12,17H2,1-2H3/q+1/i21D. The molecule has 2 aromatic heterocycles. The first-order valence-electron chi connectivity index (χ1n) is 11.6. The summed E-state index contributed by atoms with van der Waals surface area (Å²) in [6.07, 6.45) is 3.83. The molecule has 6 rings (SSSR count). The van der Waals surface area contributed by atoms with E-state index < -0.39 is 5.89 Å². The molecule has 0 aliphatic heterocycles. The number of rotatable bonds is 2. The van der Waals surface area contributed by atoms with E-state index >= 15 is 4.39 Å². The predicted octanol–water partition coefficient (Wildman–Crippen LogP) is 6.80. The molecule has 0 N–H and O–H groups in total. The van der Waals surface area contributed by atoms with Gasteiger partial charge in [-0.05, 0) is 67.0 Å². The Labute approximate surface area is 188 Å². The summed E-state index contributed by atoms with van der Waals surface area (Å²) in [5.74, 6) is -1.43. The van der Waals surface area contributed by atoms with E-state index in [2.05, 4.69) is 41.8 Å². The fraction of sp³-hybridized carbons (Fsp3) is 0.207. The molecular formula is C29H25FNO+. The Bertz CT molecular complexity index is 1550. The van der Waals surface area contributed by atoms with Crippen molar-refractivity contribution in [3.63, 3.8) is 0 Å². The number of pyridine rings is 1. The maximum atomic E-state index is 15.4. The molecule has 0 saturated carbocycles. The van der Waals surface area contributed by atoms with Gasteiger partial charge in [0, 0.05) is 29.8 Å². The number of furan rings is 1. The third-order valence-corrected chi connectivity index (χ3v) is 6.85.